The van der Waals surface area contributed by atoms with Gasteiger partial charge in [-0.05, 0) is 18.2 Å². The van der Waals surface area contributed by atoms with Crippen LogP contribution in [0, 0.1) is 5.82 Å². The van der Waals surface area contributed by atoms with Crippen LogP contribution in [0.1, 0.15) is 0 Å². The Hall–Kier alpha value is -1.84. The maximum atomic E-state index is 13.6. The molecule has 3 aromatic rings. The van der Waals surface area contributed by atoms with Crippen LogP contribution in [0.15, 0.2) is 69.7 Å². The van der Waals surface area contributed by atoms with E-state index in [4.69, 9.17) is 5.73 Å². The molecule has 0 saturated heterocycles. The van der Waals surface area contributed by atoms with Crippen molar-refractivity contribution in [3.63, 3.8) is 0 Å². The van der Waals surface area contributed by atoms with Crippen molar-refractivity contribution in [2.45, 2.75) is 4.90 Å². The van der Waals surface area contributed by atoms with Gasteiger partial charge >= 0.3 is 29.6 Å². The number of hydrogen-bond donors (Lipinski definition) is 2. The Morgan fingerprint density at radius 3 is 2.12 bits per heavy atom. The molecule has 0 spiro atoms. The van der Waals surface area contributed by atoms with Gasteiger partial charge < -0.3 is 5.73 Å². The van der Waals surface area contributed by atoms with Crippen LogP contribution in [0.25, 0.3) is 10.8 Å². The molecule has 25 heavy (non-hydrogen) atoms. The molecule has 124 valence electrons. The fourth-order valence-corrected chi connectivity index (χ4v) is 3.00. The van der Waals surface area contributed by atoms with Crippen molar-refractivity contribution in [2.24, 2.45) is 10.2 Å². The first-order valence-electron chi connectivity index (χ1n) is 6.83. The molecule has 3 aromatic carbocycles. The molecule has 0 atom stereocenters. The summed E-state index contributed by atoms with van der Waals surface area (Å²) in [5.41, 5.74) is 6.19. The molecule has 0 heterocycles. The Morgan fingerprint density at radius 1 is 0.920 bits per heavy atom. The van der Waals surface area contributed by atoms with Crippen LogP contribution in [0.3, 0.4) is 0 Å². The van der Waals surface area contributed by atoms with Crippen LogP contribution in [0.4, 0.5) is 21.5 Å². The number of nitrogen functional groups attached to an aromatic ring is 1. The number of azo groups is 1. The van der Waals surface area contributed by atoms with E-state index in [1.54, 1.807) is 24.3 Å². The van der Waals surface area contributed by atoms with Gasteiger partial charge in [-0.3, -0.25) is 4.55 Å². The standard InChI is InChI=1S/C16H12FN3O3S.Na.H/c17-12-7-3-4-8-13(12)19-20-14-9-15(24(21,22)23)10-5-1-2-6-11(10)16(14)18;;/h1-9H,18H2,(H,21,22,23);;/b20-19+;;. The van der Waals surface area contributed by atoms with Gasteiger partial charge in [0.15, 0.2) is 5.82 Å². The third-order valence-corrected chi connectivity index (χ3v) is 4.32. The van der Waals surface area contributed by atoms with Gasteiger partial charge in [-0.25, -0.2) is 4.39 Å². The second-order valence-electron chi connectivity index (χ2n) is 4.98. The molecule has 3 rings (SSSR count). The van der Waals surface area contributed by atoms with E-state index in [9.17, 15) is 17.4 Å². The van der Waals surface area contributed by atoms with Crippen LogP contribution < -0.4 is 5.73 Å². The summed E-state index contributed by atoms with van der Waals surface area (Å²) >= 11 is 0. The first-order chi connectivity index (χ1) is 11.4. The number of nitrogens with zero attached hydrogens (tertiary/aromatic N) is 2. The fraction of sp³-hybridized carbons (Fsp3) is 0. The van der Waals surface area contributed by atoms with Crippen LogP contribution in [-0.4, -0.2) is 42.5 Å². The van der Waals surface area contributed by atoms with Gasteiger partial charge in [0.05, 0.1) is 5.69 Å². The van der Waals surface area contributed by atoms with E-state index in [0.29, 0.717) is 5.39 Å². The van der Waals surface area contributed by atoms with Gasteiger partial charge in [0.25, 0.3) is 10.1 Å². The number of rotatable bonds is 3. The van der Waals surface area contributed by atoms with Gasteiger partial charge in [-0.2, -0.15) is 8.42 Å². The van der Waals surface area contributed by atoms with Gasteiger partial charge in [0.2, 0.25) is 0 Å². The summed E-state index contributed by atoms with van der Waals surface area (Å²) in [5.74, 6) is -0.574. The first-order valence-corrected chi connectivity index (χ1v) is 8.27. The van der Waals surface area contributed by atoms with Crippen molar-refractivity contribution in [2.75, 3.05) is 5.73 Å². The number of hydrogen-bond acceptors (Lipinski definition) is 5. The normalized spacial score (nSPS) is 11.6. The van der Waals surface area contributed by atoms with Crippen LogP contribution in [-0.2, 0) is 10.1 Å². The molecule has 0 saturated carbocycles. The zero-order valence-corrected chi connectivity index (χ0v) is 13.0. The van der Waals surface area contributed by atoms with Gasteiger partial charge in [-0.1, -0.05) is 36.4 Å². The second kappa shape index (κ2) is 7.59. The minimum atomic E-state index is -4.49. The predicted octanol–water partition coefficient (Wildman–Crippen LogP) is 3.57. The average Bonchev–Trinajstić information content (AvgIpc) is 2.54. The third-order valence-electron chi connectivity index (χ3n) is 3.42. The molecule has 0 aliphatic rings. The summed E-state index contributed by atoms with van der Waals surface area (Å²) in [6.07, 6.45) is 0. The molecule has 0 bridgehead atoms. The molecule has 0 amide bonds. The van der Waals surface area contributed by atoms with Gasteiger partial charge in [0.1, 0.15) is 16.3 Å². The van der Waals surface area contributed by atoms with E-state index < -0.39 is 15.9 Å². The molecule has 9 heteroatoms. The van der Waals surface area contributed by atoms with Crippen LogP contribution in [0.5, 0.6) is 0 Å². The van der Waals surface area contributed by atoms with Crippen molar-refractivity contribution < 1.29 is 17.4 Å². The molecule has 3 N–H and O–H groups in total. The molecule has 0 unspecified atom stereocenters. The Labute approximate surface area is 165 Å². The van der Waals surface area contributed by atoms with E-state index in [2.05, 4.69) is 10.2 Å². The molecule has 0 fully saturated rings. The first kappa shape index (κ1) is 19.5. The van der Waals surface area contributed by atoms with E-state index >= 15 is 0 Å². The average molecular weight is 369 g/mol. The monoisotopic (exact) mass is 369 g/mol. The van der Waals surface area contributed by atoms with Crippen molar-refractivity contribution >= 4 is 67.5 Å². The van der Waals surface area contributed by atoms with Crippen molar-refractivity contribution in [1.82, 2.24) is 0 Å². The van der Waals surface area contributed by atoms with E-state index in [1.165, 1.54) is 24.3 Å². The SMILES string of the molecule is Nc1c(/N=N/c2ccccc2F)cc(S(=O)(=O)O)c2ccccc12.[NaH]. The minimum absolute atomic E-state index is 0. The quantitative estimate of drug-likeness (QED) is 0.319. The molecule has 0 aromatic heterocycles. The Kier molecular flexibility index (Phi) is 5.91. The topological polar surface area (TPSA) is 105 Å². The second-order valence-corrected chi connectivity index (χ2v) is 6.37. The summed E-state index contributed by atoms with van der Waals surface area (Å²) in [4.78, 5) is -0.338. The Bertz CT molecular complexity index is 1070. The molecule has 6 nitrogen and oxygen atoms in total. The molecule has 0 aliphatic carbocycles. The summed E-state index contributed by atoms with van der Waals surface area (Å²) in [6.45, 7) is 0. The molecule has 0 aliphatic heterocycles. The zero-order chi connectivity index (χ0) is 17.3. The fourth-order valence-electron chi connectivity index (χ4n) is 2.29. The van der Waals surface area contributed by atoms with Crippen molar-refractivity contribution in [3.8, 4) is 0 Å². The molecular formula is C16H13FN3NaO3S. The van der Waals surface area contributed by atoms with E-state index in [0.717, 1.165) is 6.07 Å². The van der Waals surface area contributed by atoms with Crippen molar-refractivity contribution in [3.05, 3.63) is 60.4 Å². The van der Waals surface area contributed by atoms with E-state index in [-0.39, 0.29) is 56.9 Å². The predicted molar refractivity (Wildman–Crippen MR) is 95.9 cm³/mol. The summed E-state index contributed by atoms with van der Waals surface area (Å²) < 4.78 is 46.3. The molecule has 0 radical (unpaired) electrons. The van der Waals surface area contributed by atoms with Crippen LogP contribution >= 0.6 is 0 Å². The third kappa shape index (κ3) is 4.05. The number of nitrogens with two attached hydrogens (primary N) is 1. The number of benzene rings is 3. The number of halogens is 1. The summed E-state index contributed by atoms with van der Waals surface area (Å²) in [5, 5.41) is 8.27. The van der Waals surface area contributed by atoms with Crippen LogP contribution in [0.2, 0.25) is 0 Å². The van der Waals surface area contributed by atoms with E-state index in [1.807, 2.05) is 0 Å². The Morgan fingerprint density at radius 2 is 1.48 bits per heavy atom. The summed E-state index contributed by atoms with van der Waals surface area (Å²) in [7, 11) is -4.49. The Balaban J connectivity index is 0.00000225. The van der Waals surface area contributed by atoms with Gasteiger partial charge in [0, 0.05) is 10.8 Å². The maximum absolute atomic E-state index is 13.6. The van der Waals surface area contributed by atoms with Crippen molar-refractivity contribution in [1.29, 1.82) is 0 Å². The summed E-state index contributed by atoms with van der Waals surface area (Å²) in [6, 6.07) is 13.3. The zero-order valence-electron chi connectivity index (χ0n) is 12.2. The number of fused-ring (bicyclic) bond motifs is 1. The molecular weight excluding hydrogens is 356 g/mol. The number of anilines is 1. The van der Waals surface area contributed by atoms with Gasteiger partial charge in [-0.15, -0.1) is 10.2 Å².